The molecule has 0 spiro atoms. The summed E-state index contributed by atoms with van der Waals surface area (Å²) in [5.74, 6) is 0.844. The smallest absolute Gasteiger partial charge is 0.139 e. The third kappa shape index (κ3) is 1.70. The molecule has 0 radical (unpaired) electrons. The Kier molecular flexibility index (Phi) is 3.01. The molecule has 1 heterocycles. The van der Waals surface area contributed by atoms with Gasteiger partial charge in [0.15, 0.2) is 0 Å². The SMILES string of the molecule is CC1(C)C(n2c(CCl)nc3cc(F)c(Br)cc32)C1(C)C. The Hall–Kier alpha value is -0.610. The van der Waals surface area contributed by atoms with Gasteiger partial charge in [0.2, 0.25) is 0 Å². The summed E-state index contributed by atoms with van der Waals surface area (Å²) in [7, 11) is 0. The van der Waals surface area contributed by atoms with E-state index in [1.807, 2.05) is 0 Å². The largest absolute Gasteiger partial charge is 0.323 e. The first-order valence-electron chi connectivity index (χ1n) is 6.63. The van der Waals surface area contributed by atoms with Gasteiger partial charge in [0.1, 0.15) is 11.6 Å². The van der Waals surface area contributed by atoms with Crippen molar-refractivity contribution >= 4 is 38.6 Å². The molecule has 0 bridgehead atoms. The van der Waals surface area contributed by atoms with Crippen LogP contribution in [0.25, 0.3) is 11.0 Å². The highest BCUT2D eigenvalue weighted by atomic mass is 79.9. The van der Waals surface area contributed by atoms with Gasteiger partial charge < -0.3 is 4.57 Å². The predicted octanol–water partition coefficient (Wildman–Crippen LogP) is 5.28. The Morgan fingerprint density at radius 1 is 1.30 bits per heavy atom. The fraction of sp³-hybridized carbons (Fsp3) is 0.533. The van der Waals surface area contributed by atoms with E-state index in [2.05, 4.69) is 53.2 Å². The number of aromatic nitrogens is 2. The fourth-order valence-electron chi connectivity index (χ4n) is 3.33. The van der Waals surface area contributed by atoms with Crippen LogP contribution in [-0.4, -0.2) is 9.55 Å². The summed E-state index contributed by atoms with van der Waals surface area (Å²) in [4.78, 5) is 4.50. The monoisotopic (exact) mass is 358 g/mol. The summed E-state index contributed by atoms with van der Waals surface area (Å²) in [6.45, 7) is 9.00. The van der Waals surface area contributed by atoms with Gasteiger partial charge in [-0.2, -0.15) is 0 Å². The lowest BCUT2D eigenvalue weighted by atomic mass is 10.0. The van der Waals surface area contributed by atoms with Crippen LogP contribution in [0.15, 0.2) is 16.6 Å². The number of fused-ring (bicyclic) bond motifs is 1. The van der Waals surface area contributed by atoms with E-state index in [4.69, 9.17) is 11.6 Å². The molecule has 1 aromatic carbocycles. The van der Waals surface area contributed by atoms with E-state index in [1.165, 1.54) is 6.07 Å². The van der Waals surface area contributed by atoms with Crippen molar-refractivity contribution in [2.75, 3.05) is 0 Å². The van der Waals surface area contributed by atoms with Crippen molar-refractivity contribution in [2.45, 2.75) is 39.6 Å². The third-order valence-electron chi connectivity index (χ3n) is 5.13. The normalized spacial score (nSPS) is 20.6. The number of hydrogen-bond acceptors (Lipinski definition) is 1. The summed E-state index contributed by atoms with van der Waals surface area (Å²) in [6, 6.07) is 3.60. The molecular formula is C15H17BrClFN2. The Morgan fingerprint density at radius 3 is 2.40 bits per heavy atom. The maximum absolute atomic E-state index is 13.7. The predicted molar refractivity (Wildman–Crippen MR) is 83.5 cm³/mol. The van der Waals surface area contributed by atoms with Gasteiger partial charge in [-0.1, -0.05) is 27.7 Å². The summed E-state index contributed by atoms with van der Waals surface area (Å²) in [6.07, 6.45) is 0. The van der Waals surface area contributed by atoms with E-state index in [0.29, 0.717) is 21.9 Å². The zero-order valence-electron chi connectivity index (χ0n) is 12.0. The zero-order valence-corrected chi connectivity index (χ0v) is 14.3. The van der Waals surface area contributed by atoms with Crippen molar-refractivity contribution in [3.8, 4) is 0 Å². The van der Waals surface area contributed by atoms with Crippen molar-refractivity contribution < 1.29 is 4.39 Å². The molecule has 1 aliphatic rings. The first kappa shape index (κ1) is 14.3. The van der Waals surface area contributed by atoms with E-state index in [-0.39, 0.29) is 16.6 Å². The molecule has 1 fully saturated rings. The van der Waals surface area contributed by atoms with Gasteiger partial charge in [-0.25, -0.2) is 9.37 Å². The molecule has 0 amide bonds. The van der Waals surface area contributed by atoms with Gasteiger partial charge in [0, 0.05) is 12.1 Å². The average Bonchev–Trinajstić information content (AvgIpc) is 2.65. The van der Waals surface area contributed by atoms with E-state index >= 15 is 0 Å². The van der Waals surface area contributed by atoms with Gasteiger partial charge in [-0.3, -0.25) is 0 Å². The van der Waals surface area contributed by atoms with Gasteiger partial charge in [0.25, 0.3) is 0 Å². The van der Waals surface area contributed by atoms with Crippen LogP contribution >= 0.6 is 27.5 Å². The molecular weight excluding hydrogens is 343 g/mol. The molecule has 0 saturated heterocycles. The van der Waals surface area contributed by atoms with Gasteiger partial charge in [-0.15, -0.1) is 11.6 Å². The third-order valence-corrected chi connectivity index (χ3v) is 5.97. The maximum Gasteiger partial charge on any atom is 0.139 e. The van der Waals surface area contributed by atoms with Crippen molar-refractivity contribution in [1.29, 1.82) is 0 Å². The summed E-state index contributed by atoms with van der Waals surface area (Å²) in [5, 5.41) is 0. The highest BCUT2D eigenvalue weighted by molar-refractivity contribution is 9.10. The topological polar surface area (TPSA) is 17.8 Å². The van der Waals surface area contributed by atoms with Crippen molar-refractivity contribution in [1.82, 2.24) is 9.55 Å². The van der Waals surface area contributed by atoms with Crippen LogP contribution in [0.4, 0.5) is 4.39 Å². The molecule has 3 rings (SSSR count). The van der Waals surface area contributed by atoms with Gasteiger partial charge in [-0.05, 0) is 32.8 Å². The lowest BCUT2D eigenvalue weighted by Crippen LogP contribution is -2.05. The first-order chi connectivity index (χ1) is 9.21. The molecule has 20 heavy (non-hydrogen) atoms. The quantitative estimate of drug-likeness (QED) is 0.667. The summed E-state index contributed by atoms with van der Waals surface area (Å²) in [5.41, 5.74) is 1.95. The highest BCUT2D eigenvalue weighted by Crippen LogP contribution is 2.72. The molecule has 2 nitrogen and oxygen atoms in total. The number of imidazole rings is 1. The standard InChI is InChI=1S/C15H17BrClFN2/c1-14(2)13(15(14,3)4)20-11-5-8(16)9(18)6-10(11)19-12(20)7-17/h5-6,13H,7H2,1-4H3. The van der Waals surface area contributed by atoms with E-state index < -0.39 is 0 Å². The number of nitrogens with zero attached hydrogens (tertiary/aromatic N) is 2. The Morgan fingerprint density at radius 2 is 1.90 bits per heavy atom. The second kappa shape index (κ2) is 4.20. The first-order valence-corrected chi connectivity index (χ1v) is 7.96. The summed E-state index contributed by atoms with van der Waals surface area (Å²) < 4.78 is 16.3. The Bertz CT molecular complexity index is 691. The molecule has 108 valence electrons. The number of benzene rings is 1. The lowest BCUT2D eigenvalue weighted by Gasteiger charge is -2.10. The van der Waals surface area contributed by atoms with Crippen LogP contribution in [0.1, 0.15) is 39.6 Å². The Balaban J connectivity index is 2.27. The molecule has 2 aromatic rings. The van der Waals surface area contributed by atoms with Crippen LogP contribution in [0.5, 0.6) is 0 Å². The number of hydrogen-bond donors (Lipinski definition) is 0. The van der Waals surface area contributed by atoms with E-state index in [0.717, 1.165) is 11.3 Å². The van der Waals surface area contributed by atoms with E-state index in [9.17, 15) is 4.39 Å². The minimum atomic E-state index is -0.294. The maximum atomic E-state index is 13.7. The molecule has 0 N–H and O–H groups in total. The molecule has 0 atom stereocenters. The van der Waals surface area contributed by atoms with Crippen molar-refractivity contribution in [3.63, 3.8) is 0 Å². The van der Waals surface area contributed by atoms with Crippen molar-refractivity contribution in [2.24, 2.45) is 10.8 Å². The highest BCUT2D eigenvalue weighted by Gasteiger charge is 2.66. The van der Waals surface area contributed by atoms with E-state index in [1.54, 1.807) is 6.07 Å². The molecule has 1 saturated carbocycles. The summed E-state index contributed by atoms with van der Waals surface area (Å²) >= 11 is 9.31. The van der Waals surface area contributed by atoms with Gasteiger partial charge >= 0.3 is 0 Å². The van der Waals surface area contributed by atoms with Crippen LogP contribution in [-0.2, 0) is 5.88 Å². The minimum absolute atomic E-state index is 0.169. The van der Waals surface area contributed by atoms with Gasteiger partial charge in [0.05, 0.1) is 21.4 Å². The molecule has 1 aliphatic carbocycles. The van der Waals surface area contributed by atoms with Crippen LogP contribution in [0.2, 0.25) is 0 Å². The van der Waals surface area contributed by atoms with Crippen molar-refractivity contribution in [3.05, 3.63) is 28.2 Å². The fourth-order valence-corrected chi connectivity index (χ4v) is 3.85. The average molecular weight is 360 g/mol. The number of halogens is 3. The lowest BCUT2D eigenvalue weighted by molar-refractivity contribution is 0.457. The second-order valence-electron chi connectivity index (χ2n) is 6.63. The molecule has 1 aromatic heterocycles. The Labute approximate surface area is 131 Å². The molecule has 0 aliphatic heterocycles. The number of rotatable bonds is 2. The zero-order chi connectivity index (χ0) is 14.9. The second-order valence-corrected chi connectivity index (χ2v) is 7.75. The molecule has 5 heteroatoms. The van der Waals surface area contributed by atoms with Crippen LogP contribution < -0.4 is 0 Å². The minimum Gasteiger partial charge on any atom is -0.323 e. The van der Waals surface area contributed by atoms with Crippen LogP contribution in [0.3, 0.4) is 0 Å². The number of alkyl halides is 1. The van der Waals surface area contributed by atoms with Crippen LogP contribution in [0, 0.1) is 16.6 Å². The molecule has 0 unspecified atom stereocenters.